The van der Waals surface area contributed by atoms with Gasteiger partial charge in [-0.05, 0) is 6.07 Å². The number of pyridine rings is 1. The molecule has 0 saturated heterocycles. The number of nitrogens with two attached hydrogens (primary N) is 1. The SMILES string of the molecule is N#Cc1cc(C#N)c(SCc2cc(=O)[nH]c(=O)[nH]2)[nH+]c1N. The van der Waals surface area contributed by atoms with Crippen molar-refractivity contribution in [3.8, 4) is 12.1 Å². The first-order valence-electron chi connectivity index (χ1n) is 5.65. The molecule has 0 amide bonds. The van der Waals surface area contributed by atoms with Crippen LogP contribution in [-0.2, 0) is 5.75 Å². The number of hydrogen-bond donors (Lipinski definition) is 3. The Morgan fingerprint density at radius 2 is 1.90 bits per heavy atom. The average molecular weight is 301 g/mol. The molecule has 0 saturated carbocycles. The Labute approximate surface area is 122 Å². The second-order valence-corrected chi connectivity index (χ2v) is 4.95. The Hall–Kier alpha value is -3.04. The van der Waals surface area contributed by atoms with E-state index in [0.717, 1.165) is 0 Å². The van der Waals surface area contributed by atoms with Crippen LogP contribution in [0.4, 0.5) is 5.82 Å². The fourth-order valence-corrected chi connectivity index (χ4v) is 2.48. The zero-order valence-corrected chi connectivity index (χ0v) is 11.4. The molecule has 2 heterocycles. The van der Waals surface area contributed by atoms with Crippen molar-refractivity contribution >= 4 is 17.6 Å². The molecule has 2 rings (SSSR count). The normalized spacial score (nSPS) is 9.81. The highest BCUT2D eigenvalue weighted by molar-refractivity contribution is 7.98. The van der Waals surface area contributed by atoms with Crippen LogP contribution in [0.1, 0.15) is 16.8 Å². The summed E-state index contributed by atoms with van der Waals surface area (Å²) in [5.41, 5.74) is 5.42. The molecule has 21 heavy (non-hydrogen) atoms. The maximum Gasteiger partial charge on any atom is 0.325 e. The van der Waals surface area contributed by atoms with Crippen LogP contribution in [0.25, 0.3) is 0 Å². The van der Waals surface area contributed by atoms with Crippen LogP contribution < -0.4 is 22.0 Å². The zero-order valence-electron chi connectivity index (χ0n) is 10.6. The van der Waals surface area contributed by atoms with Crippen LogP contribution >= 0.6 is 11.8 Å². The number of nitrogens with zero attached hydrogens (tertiary/aromatic N) is 2. The van der Waals surface area contributed by atoms with E-state index in [1.165, 1.54) is 23.9 Å². The van der Waals surface area contributed by atoms with Gasteiger partial charge in [0.05, 0.1) is 0 Å². The third-order valence-corrected chi connectivity index (χ3v) is 3.57. The van der Waals surface area contributed by atoms with Crippen molar-refractivity contribution in [1.29, 1.82) is 10.5 Å². The van der Waals surface area contributed by atoms with Crippen molar-refractivity contribution in [3.05, 3.63) is 49.8 Å². The number of H-pyrrole nitrogens is 3. The van der Waals surface area contributed by atoms with Gasteiger partial charge < -0.3 is 4.98 Å². The molecule has 0 bridgehead atoms. The first kappa shape index (κ1) is 14.4. The van der Waals surface area contributed by atoms with Crippen molar-refractivity contribution in [2.75, 3.05) is 5.73 Å². The summed E-state index contributed by atoms with van der Waals surface area (Å²) in [5, 5.41) is 18.4. The fraction of sp³-hybridized carbons (Fsp3) is 0.0833. The smallest absolute Gasteiger partial charge is 0.310 e. The van der Waals surface area contributed by atoms with E-state index in [4.69, 9.17) is 16.3 Å². The van der Waals surface area contributed by atoms with E-state index in [0.29, 0.717) is 10.7 Å². The maximum absolute atomic E-state index is 11.2. The molecular weight excluding hydrogens is 292 g/mol. The minimum absolute atomic E-state index is 0.151. The van der Waals surface area contributed by atoms with Gasteiger partial charge in [-0.2, -0.15) is 10.5 Å². The fourth-order valence-electron chi connectivity index (χ4n) is 1.58. The van der Waals surface area contributed by atoms with Crippen molar-refractivity contribution in [2.45, 2.75) is 10.8 Å². The van der Waals surface area contributed by atoms with Crippen molar-refractivity contribution in [1.82, 2.24) is 9.97 Å². The summed E-state index contributed by atoms with van der Waals surface area (Å²) in [4.78, 5) is 29.6. The van der Waals surface area contributed by atoms with Crippen molar-refractivity contribution < 1.29 is 4.98 Å². The summed E-state index contributed by atoms with van der Waals surface area (Å²) in [6, 6.07) is 6.48. The summed E-state index contributed by atoms with van der Waals surface area (Å²) in [6.45, 7) is 0. The van der Waals surface area contributed by atoms with Gasteiger partial charge in [-0.1, -0.05) is 11.8 Å². The number of hydrogen-bond acceptors (Lipinski definition) is 6. The Morgan fingerprint density at radius 3 is 2.52 bits per heavy atom. The molecule has 0 aliphatic rings. The number of aromatic amines is 3. The lowest BCUT2D eigenvalue weighted by molar-refractivity contribution is -0.410. The lowest BCUT2D eigenvalue weighted by atomic mass is 10.2. The summed E-state index contributed by atoms with van der Waals surface area (Å²) in [5.74, 6) is 0.411. The van der Waals surface area contributed by atoms with Gasteiger partial charge in [-0.25, -0.2) is 9.78 Å². The lowest BCUT2D eigenvalue weighted by Crippen LogP contribution is -2.23. The highest BCUT2D eigenvalue weighted by Gasteiger charge is 2.14. The second-order valence-electron chi connectivity index (χ2n) is 3.96. The molecule has 0 aromatic carbocycles. The number of rotatable bonds is 3. The molecule has 2 aromatic rings. The summed E-state index contributed by atoms with van der Waals surface area (Å²) in [6.07, 6.45) is 0. The number of thioether (sulfide) groups is 1. The van der Waals surface area contributed by atoms with Crippen molar-refractivity contribution in [3.63, 3.8) is 0 Å². The van der Waals surface area contributed by atoms with E-state index >= 15 is 0 Å². The molecular formula is C12H9N6O2S+. The van der Waals surface area contributed by atoms with Crippen LogP contribution in [0.5, 0.6) is 0 Å². The van der Waals surface area contributed by atoms with Crippen LogP contribution in [0.15, 0.2) is 26.7 Å². The van der Waals surface area contributed by atoms with Gasteiger partial charge >= 0.3 is 5.69 Å². The number of aromatic nitrogens is 3. The maximum atomic E-state index is 11.2. The van der Waals surface area contributed by atoms with Crippen LogP contribution in [-0.4, -0.2) is 9.97 Å². The van der Waals surface area contributed by atoms with Gasteiger partial charge in [0.25, 0.3) is 11.4 Å². The van der Waals surface area contributed by atoms with Crippen LogP contribution in [0.3, 0.4) is 0 Å². The third-order valence-electron chi connectivity index (χ3n) is 2.50. The molecule has 0 aliphatic carbocycles. The Morgan fingerprint density at radius 1 is 1.19 bits per heavy atom. The molecule has 9 heteroatoms. The minimum Gasteiger partial charge on any atom is -0.310 e. The summed E-state index contributed by atoms with van der Waals surface area (Å²) < 4.78 is 0. The van der Waals surface area contributed by atoms with E-state index in [1.54, 1.807) is 0 Å². The third kappa shape index (κ3) is 3.29. The van der Waals surface area contributed by atoms with Gasteiger partial charge in [0, 0.05) is 17.5 Å². The highest BCUT2D eigenvalue weighted by atomic mass is 32.2. The molecule has 0 atom stereocenters. The zero-order chi connectivity index (χ0) is 15.4. The van der Waals surface area contributed by atoms with E-state index < -0.39 is 11.2 Å². The quantitative estimate of drug-likeness (QED) is 0.649. The highest BCUT2D eigenvalue weighted by Crippen LogP contribution is 2.22. The Balaban J connectivity index is 2.30. The average Bonchev–Trinajstić information content (AvgIpc) is 2.44. The van der Waals surface area contributed by atoms with Gasteiger partial charge in [0.15, 0.2) is 5.03 Å². The standard InChI is InChI=1S/C12H8N6O2S/c13-3-6-1-7(4-14)11(18-10(6)15)21-5-8-2-9(19)17-12(20)16-8/h1-2H,5H2,(H2,15,18)(H2,16,17,19,20)/p+1. The predicted octanol–water partition coefficient (Wildman–Crippen LogP) is -0.505. The molecule has 8 nitrogen and oxygen atoms in total. The Kier molecular flexibility index (Phi) is 4.07. The number of nitrogen functional groups attached to an aromatic ring is 1. The number of nitrogens with one attached hydrogen (secondary N) is 3. The van der Waals surface area contributed by atoms with Crippen molar-refractivity contribution in [2.24, 2.45) is 0 Å². The molecule has 2 aromatic heterocycles. The van der Waals surface area contributed by atoms with E-state index in [1.807, 2.05) is 12.1 Å². The largest absolute Gasteiger partial charge is 0.325 e. The number of nitriles is 2. The molecule has 0 aliphatic heterocycles. The summed E-state index contributed by atoms with van der Waals surface area (Å²) >= 11 is 1.19. The first-order valence-corrected chi connectivity index (χ1v) is 6.63. The lowest BCUT2D eigenvalue weighted by Gasteiger charge is -2.02. The molecule has 0 radical (unpaired) electrons. The molecule has 0 unspecified atom stereocenters. The van der Waals surface area contributed by atoms with E-state index in [9.17, 15) is 9.59 Å². The number of anilines is 1. The minimum atomic E-state index is -0.595. The first-order chi connectivity index (χ1) is 10.0. The topological polar surface area (TPSA) is 153 Å². The van der Waals surface area contributed by atoms with E-state index in [-0.39, 0.29) is 22.7 Å². The van der Waals surface area contributed by atoms with Gasteiger partial charge in [-0.15, -0.1) is 0 Å². The molecule has 5 N–H and O–H groups in total. The van der Waals surface area contributed by atoms with Crippen LogP contribution in [0.2, 0.25) is 0 Å². The predicted molar refractivity (Wildman–Crippen MR) is 74.1 cm³/mol. The molecule has 104 valence electrons. The summed E-state index contributed by atoms with van der Waals surface area (Å²) in [7, 11) is 0. The van der Waals surface area contributed by atoms with Crippen LogP contribution in [0, 0.1) is 22.7 Å². The van der Waals surface area contributed by atoms with Gasteiger partial charge in [-0.3, -0.25) is 15.5 Å². The van der Waals surface area contributed by atoms with Gasteiger partial charge in [0.1, 0.15) is 23.3 Å². The van der Waals surface area contributed by atoms with E-state index in [2.05, 4.69) is 15.0 Å². The second kappa shape index (κ2) is 5.94. The Bertz CT molecular complexity index is 858. The molecule has 0 fully saturated rings. The van der Waals surface area contributed by atoms with Gasteiger partial charge in [0.2, 0.25) is 0 Å². The monoisotopic (exact) mass is 301 g/mol. The molecule has 0 spiro atoms.